The summed E-state index contributed by atoms with van der Waals surface area (Å²) in [4.78, 5) is -0.247. The molecule has 80 valence electrons. The molecule has 0 saturated carbocycles. The molecule has 0 bridgehead atoms. The predicted octanol–water partition coefficient (Wildman–Crippen LogP) is 0.919. The summed E-state index contributed by atoms with van der Waals surface area (Å²) in [5.41, 5.74) is 0.269. The van der Waals surface area contributed by atoms with Gasteiger partial charge in [-0.05, 0) is 18.2 Å². The quantitative estimate of drug-likeness (QED) is 0.200. The third kappa shape index (κ3) is 3.44. The molecule has 0 saturated heterocycles. The van der Waals surface area contributed by atoms with Gasteiger partial charge in [0, 0.05) is 0 Å². The Hall–Kier alpha value is -1.80. The maximum Gasteiger partial charge on any atom is 0.294 e. The van der Waals surface area contributed by atoms with Crippen molar-refractivity contribution in [3.8, 4) is 0 Å². The first-order valence-electron chi connectivity index (χ1n) is 3.74. The second kappa shape index (κ2) is 4.62. The number of hydrogen-bond donors (Lipinski definition) is 2. The van der Waals surface area contributed by atoms with Crippen LogP contribution in [0, 0.1) is 0 Å². The van der Waals surface area contributed by atoms with Crippen LogP contribution in [0.3, 0.4) is 0 Å². The zero-order valence-corrected chi connectivity index (χ0v) is 8.29. The lowest BCUT2D eigenvalue weighted by molar-refractivity contribution is 0.483. The molecule has 1 rings (SSSR count). The van der Waals surface area contributed by atoms with Crippen LogP contribution in [0.2, 0.25) is 0 Å². The van der Waals surface area contributed by atoms with E-state index in [0.717, 1.165) is 6.34 Å². The summed E-state index contributed by atoms with van der Waals surface area (Å²) in [6.45, 7) is 0. The van der Waals surface area contributed by atoms with Gasteiger partial charge < -0.3 is 5.84 Å². The Morgan fingerprint density at radius 1 is 1.40 bits per heavy atom. The van der Waals surface area contributed by atoms with Gasteiger partial charge in [-0.15, -0.1) is 10.2 Å². The monoisotopic (exact) mass is 228 g/mol. The molecule has 1 aromatic carbocycles. The van der Waals surface area contributed by atoms with Crippen molar-refractivity contribution >= 4 is 22.1 Å². The van der Waals surface area contributed by atoms with Crippen LogP contribution < -0.4 is 5.84 Å². The van der Waals surface area contributed by atoms with Crippen LogP contribution in [0.25, 0.3) is 0 Å². The summed E-state index contributed by atoms with van der Waals surface area (Å²) < 4.78 is 30.2. The molecule has 0 unspecified atom stereocenters. The fourth-order valence-corrected chi connectivity index (χ4v) is 1.35. The van der Waals surface area contributed by atoms with Gasteiger partial charge in [0.2, 0.25) is 0 Å². The minimum absolute atomic E-state index is 0.247. The van der Waals surface area contributed by atoms with Crippen molar-refractivity contribution in [2.45, 2.75) is 4.90 Å². The SMILES string of the molecule is NN=CN=Nc1cccc(S(=O)(=O)O)c1. The van der Waals surface area contributed by atoms with Gasteiger partial charge >= 0.3 is 0 Å². The van der Waals surface area contributed by atoms with E-state index in [1.807, 2.05) is 0 Å². The molecule has 0 spiro atoms. The predicted molar refractivity (Wildman–Crippen MR) is 53.5 cm³/mol. The third-order valence-corrected chi connectivity index (χ3v) is 2.26. The fourth-order valence-electron chi connectivity index (χ4n) is 0.828. The van der Waals surface area contributed by atoms with Crippen molar-refractivity contribution in [1.29, 1.82) is 0 Å². The summed E-state index contributed by atoms with van der Waals surface area (Å²) in [5.74, 6) is 4.77. The van der Waals surface area contributed by atoms with E-state index >= 15 is 0 Å². The van der Waals surface area contributed by atoms with Gasteiger partial charge in [-0.3, -0.25) is 4.55 Å². The van der Waals surface area contributed by atoms with E-state index < -0.39 is 10.1 Å². The van der Waals surface area contributed by atoms with E-state index in [1.54, 1.807) is 0 Å². The van der Waals surface area contributed by atoms with Gasteiger partial charge in [0.25, 0.3) is 10.1 Å². The summed E-state index contributed by atoms with van der Waals surface area (Å²) in [7, 11) is -4.22. The molecular weight excluding hydrogens is 220 g/mol. The molecule has 3 N–H and O–H groups in total. The van der Waals surface area contributed by atoms with E-state index in [9.17, 15) is 8.42 Å². The molecule has 15 heavy (non-hydrogen) atoms. The smallest absolute Gasteiger partial charge is 0.294 e. The van der Waals surface area contributed by atoms with Crippen molar-refractivity contribution in [2.24, 2.45) is 21.2 Å². The first kappa shape index (κ1) is 11.3. The molecular formula is C7H8N4O3S. The Morgan fingerprint density at radius 3 is 2.73 bits per heavy atom. The summed E-state index contributed by atoms with van der Waals surface area (Å²) in [6, 6.07) is 5.36. The van der Waals surface area contributed by atoms with Crippen LogP contribution >= 0.6 is 0 Å². The molecule has 0 heterocycles. The Balaban J connectivity index is 3.04. The first-order valence-corrected chi connectivity index (χ1v) is 5.18. The van der Waals surface area contributed by atoms with Crippen LogP contribution in [0.5, 0.6) is 0 Å². The minimum Gasteiger partial charge on any atom is -0.322 e. The third-order valence-electron chi connectivity index (χ3n) is 1.41. The maximum absolute atomic E-state index is 10.8. The normalized spacial score (nSPS) is 12.6. The summed E-state index contributed by atoms with van der Waals surface area (Å²) >= 11 is 0. The van der Waals surface area contributed by atoms with Crippen molar-refractivity contribution in [3.05, 3.63) is 24.3 Å². The Labute approximate surface area is 86.1 Å². The van der Waals surface area contributed by atoms with Crippen LogP contribution in [0.1, 0.15) is 0 Å². The van der Waals surface area contributed by atoms with Gasteiger partial charge in [-0.25, -0.2) is 0 Å². The van der Waals surface area contributed by atoms with E-state index in [4.69, 9.17) is 10.4 Å². The van der Waals surface area contributed by atoms with Crippen LogP contribution in [0.15, 0.2) is 44.5 Å². The average molecular weight is 228 g/mol. The lowest BCUT2D eigenvalue weighted by atomic mass is 10.3. The number of hydrazone groups is 1. The topological polar surface area (TPSA) is 117 Å². The molecule has 0 aliphatic heterocycles. The van der Waals surface area contributed by atoms with Gasteiger partial charge in [0.05, 0.1) is 10.6 Å². The number of hydrogen-bond acceptors (Lipinski definition) is 5. The Bertz CT molecular complexity index is 495. The second-order valence-electron chi connectivity index (χ2n) is 2.45. The highest BCUT2D eigenvalue weighted by atomic mass is 32.2. The van der Waals surface area contributed by atoms with Crippen molar-refractivity contribution in [3.63, 3.8) is 0 Å². The molecule has 0 aliphatic carbocycles. The highest BCUT2D eigenvalue weighted by Gasteiger charge is 2.08. The number of benzene rings is 1. The number of nitrogens with zero attached hydrogens (tertiary/aromatic N) is 3. The van der Waals surface area contributed by atoms with E-state index in [0.29, 0.717) is 0 Å². The van der Waals surface area contributed by atoms with Crippen LogP contribution in [-0.2, 0) is 10.1 Å². The largest absolute Gasteiger partial charge is 0.322 e. The highest BCUT2D eigenvalue weighted by Crippen LogP contribution is 2.17. The molecule has 0 amide bonds. The average Bonchev–Trinajstić information content (AvgIpc) is 2.17. The molecule has 1 aromatic rings. The minimum atomic E-state index is -4.22. The van der Waals surface area contributed by atoms with Gasteiger partial charge in [-0.1, -0.05) is 6.07 Å². The zero-order valence-electron chi connectivity index (χ0n) is 7.48. The van der Waals surface area contributed by atoms with Crippen molar-refractivity contribution < 1.29 is 13.0 Å². The molecule has 8 heteroatoms. The number of rotatable bonds is 3. The van der Waals surface area contributed by atoms with Crippen LogP contribution in [0.4, 0.5) is 5.69 Å². The number of nitrogens with two attached hydrogens (primary N) is 1. The molecule has 7 nitrogen and oxygen atoms in total. The maximum atomic E-state index is 10.8. The van der Waals surface area contributed by atoms with Gasteiger partial charge in [0.1, 0.15) is 0 Å². The fraction of sp³-hybridized carbons (Fsp3) is 0. The lowest BCUT2D eigenvalue weighted by Gasteiger charge is -1.96. The zero-order chi connectivity index (χ0) is 11.3. The molecule has 0 fully saturated rings. The standard InChI is InChI=1S/C7H8N4O3S/c8-9-5-10-11-6-2-1-3-7(4-6)15(12,13)14/h1-5H,8H2,(H,12,13,14). The van der Waals surface area contributed by atoms with E-state index in [2.05, 4.69) is 15.3 Å². The van der Waals surface area contributed by atoms with Crippen LogP contribution in [-0.4, -0.2) is 19.3 Å². The summed E-state index contributed by atoms with van der Waals surface area (Å²) in [5, 5.41) is 10.1. The molecule has 0 atom stereocenters. The van der Waals surface area contributed by atoms with Gasteiger partial charge in [0.15, 0.2) is 6.34 Å². The van der Waals surface area contributed by atoms with E-state index in [-0.39, 0.29) is 10.6 Å². The number of azo groups is 1. The van der Waals surface area contributed by atoms with Crippen molar-refractivity contribution in [1.82, 2.24) is 0 Å². The molecule has 0 radical (unpaired) electrons. The first-order chi connectivity index (χ1) is 7.04. The van der Waals surface area contributed by atoms with E-state index in [1.165, 1.54) is 24.3 Å². The molecule has 0 aromatic heterocycles. The Morgan fingerprint density at radius 2 is 2.13 bits per heavy atom. The lowest BCUT2D eigenvalue weighted by Crippen LogP contribution is -1.96. The second-order valence-corrected chi connectivity index (χ2v) is 3.87. The Kier molecular flexibility index (Phi) is 3.47. The highest BCUT2D eigenvalue weighted by molar-refractivity contribution is 7.85. The summed E-state index contributed by atoms with van der Waals surface area (Å²) in [6.07, 6.45) is 1.00. The molecule has 0 aliphatic rings. The van der Waals surface area contributed by atoms with Gasteiger partial charge in [-0.2, -0.15) is 13.5 Å². The van der Waals surface area contributed by atoms with Crippen molar-refractivity contribution in [2.75, 3.05) is 0 Å².